The average Bonchev–Trinajstić information content (AvgIpc) is 3.15. The van der Waals surface area contributed by atoms with Crippen molar-refractivity contribution in [2.75, 3.05) is 6.54 Å². The topological polar surface area (TPSA) is 73.9 Å². The summed E-state index contributed by atoms with van der Waals surface area (Å²) in [5.41, 5.74) is -0.142. The Bertz CT molecular complexity index is 957. The number of hydrogen-bond acceptors (Lipinski definition) is 6. The molecule has 1 heterocycles. The summed E-state index contributed by atoms with van der Waals surface area (Å²) >= 11 is 0. The van der Waals surface area contributed by atoms with Gasteiger partial charge in [0.1, 0.15) is 35.6 Å². The van der Waals surface area contributed by atoms with Gasteiger partial charge in [0.25, 0.3) is 0 Å². The lowest BCUT2D eigenvalue weighted by Gasteiger charge is -2.21. The zero-order valence-corrected chi connectivity index (χ0v) is 17.6. The molecule has 2 atom stereocenters. The van der Waals surface area contributed by atoms with Crippen molar-refractivity contribution in [2.24, 2.45) is 0 Å². The third kappa shape index (κ3) is 6.01. The van der Waals surface area contributed by atoms with Gasteiger partial charge in [-0.25, -0.2) is 18.4 Å². The molecule has 166 valence electrons. The first kappa shape index (κ1) is 22.7. The van der Waals surface area contributed by atoms with E-state index in [1.807, 2.05) is 0 Å². The minimum Gasteiger partial charge on any atom is -0.489 e. The van der Waals surface area contributed by atoms with Crippen LogP contribution in [0.15, 0.2) is 42.5 Å². The van der Waals surface area contributed by atoms with Crippen molar-refractivity contribution >= 4 is 12.1 Å². The molecule has 8 heteroatoms. The van der Waals surface area contributed by atoms with Gasteiger partial charge in [-0.05, 0) is 51.4 Å². The van der Waals surface area contributed by atoms with Crippen LogP contribution in [-0.2, 0) is 20.9 Å². The van der Waals surface area contributed by atoms with Gasteiger partial charge < -0.3 is 19.5 Å². The molecule has 6 nitrogen and oxygen atoms in total. The van der Waals surface area contributed by atoms with Gasteiger partial charge in [-0.15, -0.1) is 0 Å². The maximum absolute atomic E-state index is 14.8. The lowest BCUT2D eigenvalue weighted by Crippen LogP contribution is -2.38. The fraction of sp³-hybridized carbons (Fsp3) is 0.391. The highest BCUT2D eigenvalue weighted by Crippen LogP contribution is 2.32. The Balaban J connectivity index is 1.66. The minimum absolute atomic E-state index is 0.0404. The number of halogens is 2. The normalized spacial score (nSPS) is 18.5. The molecule has 1 N–H and O–H groups in total. The first-order valence-electron chi connectivity index (χ1n) is 9.98. The zero-order chi connectivity index (χ0) is 22.6. The molecule has 0 amide bonds. The van der Waals surface area contributed by atoms with Crippen LogP contribution in [0.4, 0.5) is 13.6 Å². The summed E-state index contributed by atoms with van der Waals surface area (Å²) in [6.07, 6.45) is -0.609. The average molecular weight is 433 g/mol. The molecule has 0 unspecified atom stereocenters. The van der Waals surface area contributed by atoms with Crippen LogP contribution in [-0.4, -0.2) is 30.3 Å². The minimum atomic E-state index is -1.10. The van der Waals surface area contributed by atoms with Crippen LogP contribution in [0.5, 0.6) is 5.75 Å². The van der Waals surface area contributed by atoms with E-state index in [1.54, 1.807) is 45.0 Å². The van der Waals surface area contributed by atoms with Gasteiger partial charge in [0.2, 0.25) is 0 Å². The number of carbonyl (C=O) groups is 2. The van der Waals surface area contributed by atoms with Crippen LogP contribution < -0.4 is 10.1 Å². The highest BCUT2D eigenvalue weighted by Gasteiger charge is 2.38. The SMILES string of the molecule is CC(C)(C)OC(=O)OC(=O)[C@H]1NCC[C@@H]1c1ccc(OCc2ccccc2F)cc1F. The molecule has 0 saturated carbocycles. The van der Waals surface area contributed by atoms with Crippen molar-refractivity contribution < 1.29 is 32.6 Å². The highest BCUT2D eigenvalue weighted by atomic mass is 19.1. The third-order valence-corrected chi connectivity index (χ3v) is 4.77. The molecule has 0 bridgehead atoms. The molecule has 1 aliphatic heterocycles. The Kier molecular flexibility index (Phi) is 6.90. The number of nitrogens with one attached hydrogen (secondary N) is 1. The van der Waals surface area contributed by atoms with Gasteiger partial charge in [0.05, 0.1) is 0 Å². The number of esters is 1. The predicted molar refractivity (Wildman–Crippen MR) is 109 cm³/mol. The van der Waals surface area contributed by atoms with E-state index in [0.29, 0.717) is 24.1 Å². The summed E-state index contributed by atoms with van der Waals surface area (Å²) in [5, 5.41) is 2.95. The van der Waals surface area contributed by atoms with E-state index >= 15 is 0 Å². The van der Waals surface area contributed by atoms with Crippen molar-refractivity contribution in [1.82, 2.24) is 5.32 Å². The smallest absolute Gasteiger partial charge is 0.489 e. The fourth-order valence-corrected chi connectivity index (χ4v) is 3.38. The largest absolute Gasteiger partial charge is 0.516 e. The Morgan fingerprint density at radius 3 is 2.52 bits per heavy atom. The summed E-state index contributed by atoms with van der Waals surface area (Å²) in [5.74, 6) is -2.06. The fourth-order valence-electron chi connectivity index (χ4n) is 3.38. The number of rotatable bonds is 5. The van der Waals surface area contributed by atoms with Crippen molar-refractivity contribution in [3.8, 4) is 5.75 Å². The van der Waals surface area contributed by atoms with Crippen molar-refractivity contribution in [2.45, 2.75) is 51.4 Å². The monoisotopic (exact) mass is 433 g/mol. The second-order valence-electron chi connectivity index (χ2n) is 8.28. The van der Waals surface area contributed by atoms with Crippen LogP contribution in [0, 0.1) is 11.6 Å². The molecule has 31 heavy (non-hydrogen) atoms. The number of hydrogen-bond donors (Lipinski definition) is 1. The van der Waals surface area contributed by atoms with E-state index in [9.17, 15) is 18.4 Å². The molecule has 2 aromatic carbocycles. The van der Waals surface area contributed by atoms with Gasteiger partial charge in [0.15, 0.2) is 0 Å². The van der Waals surface area contributed by atoms with Crippen LogP contribution in [0.1, 0.15) is 44.2 Å². The molecule has 3 rings (SSSR count). The lowest BCUT2D eigenvalue weighted by atomic mass is 9.91. The molecule has 1 saturated heterocycles. The van der Waals surface area contributed by atoms with Gasteiger partial charge in [0, 0.05) is 17.5 Å². The number of ether oxygens (including phenoxy) is 3. The molecule has 2 aromatic rings. The first-order valence-corrected chi connectivity index (χ1v) is 9.98. The van der Waals surface area contributed by atoms with E-state index in [2.05, 4.69) is 5.32 Å². The summed E-state index contributed by atoms with van der Waals surface area (Å²) in [7, 11) is 0. The maximum atomic E-state index is 14.8. The van der Waals surface area contributed by atoms with Gasteiger partial charge in [-0.2, -0.15) is 0 Å². The number of carbonyl (C=O) groups excluding carboxylic acids is 2. The molecule has 1 fully saturated rings. The van der Waals surface area contributed by atoms with E-state index in [1.165, 1.54) is 18.2 Å². The first-order chi connectivity index (χ1) is 14.6. The second kappa shape index (κ2) is 9.43. The molecule has 0 radical (unpaired) electrons. The molecule has 0 aromatic heterocycles. The summed E-state index contributed by atoms with van der Waals surface area (Å²) < 4.78 is 43.8. The maximum Gasteiger partial charge on any atom is 0.516 e. The Labute approximate surface area is 179 Å². The van der Waals surface area contributed by atoms with E-state index in [0.717, 1.165) is 0 Å². The second-order valence-corrected chi connectivity index (χ2v) is 8.28. The third-order valence-electron chi connectivity index (χ3n) is 4.77. The van der Waals surface area contributed by atoms with Crippen LogP contribution in [0.3, 0.4) is 0 Å². The molecule has 1 aliphatic rings. The molecule has 0 spiro atoms. The van der Waals surface area contributed by atoms with Gasteiger partial charge >= 0.3 is 12.1 Å². The highest BCUT2D eigenvalue weighted by molar-refractivity contribution is 5.86. The number of benzene rings is 2. The molecule has 0 aliphatic carbocycles. The van der Waals surface area contributed by atoms with E-state index in [4.69, 9.17) is 14.2 Å². The van der Waals surface area contributed by atoms with E-state index in [-0.39, 0.29) is 12.4 Å². The van der Waals surface area contributed by atoms with Gasteiger partial charge in [-0.3, -0.25) is 0 Å². The zero-order valence-electron chi connectivity index (χ0n) is 17.6. The van der Waals surface area contributed by atoms with Gasteiger partial charge in [-0.1, -0.05) is 24.3 Å². The summed E-state index contributed by atoms with van der Waals surface area (Å²) in [6, 6.07) is 9.59. The van der Waals surface area contributed by atoms with Crippen molar-refractivity contribution in [3.05, 3.63) is 65.2 Å². The van der Waals surface area contributed by atoms with Crippen molar-refractivity contribution in [3.63, 3.8) is 0 Å². The molecular weight excluding hydrogens is 408 g/mol. The predicted octanol–water partition coefficient (Wildman–Crippen LogP) is 4.47. The van der Waals surface area contributed by atoms with E-state index < -0.39 is 41.3 Å². The standard InChI is InChI=1S/C23H25F2NO5/c1-23(2,3)31-22(28)30-21(27)20-17(10-11-26-20)16-9-8-15(12-19(16)25)29-13-14-6-4-5-7-18(14)24/h4-9,12,17,20,26H,10-11,13H2,1-3H3/t17-,20+/m1/s1. The Hall–Kier alpha value is -3.00. The quantitative estimate of drug-likeness (QED) is 0.554. The summed E-state index contributed by atoms with van der Waals surface area (Å²) in [6.45, 7) is 5.38. The molecular formula is C23H25F2NO5. The summed E-state index contributed by atoms with van der Waals surface area (Å²) in [4.78, 5) is 24.2. The lowest BCUT2D eigenvalue weighted by molar-refractivity contribution is -0.143. The Morgan fingerprint density at radius 1 is 1.10 bits per heavy atom. The van der Waals surface area contributed by atoms with Crippen LogP contribution in [0.2, 0.25) is 0 Å². The van der Waals surface area contributed by atoms with Crippen LogP contribution >= 0.6 is 0 Å². The van der Waals surface area contributed by atoms with Crippen LogP contribution in [0.25, 0.3) is 0 Å². The Morgan fingerprint density at radius 2 is 1.84 bits per heavy atom. The van der Waals surface area contributed by atoms with Crippen molar-refractivity contribution in [1.29, 1.82) is 0 Å².